The molecule has 0 radical (unpaired) electrons. The van der Waals surface area contributed by atoms with Gasteiger partial charge in [-0.1, -0.05) is 16.8 Å². The predicted octanol–water partition coefficient (Wildman–Crippen LogP) is 0.892. The van der Waals surface area contributed by atoms with Gasteiger partial charge in [0.1, 0.15) is 11.7 Å². The highest BCUT2D eigenvalue weighted by Crippen LogP contribution is 2.29. The van der Waals surface area contributed by atoms with Crippen LogP contribution in [0.3, 0.4) is 0 Å². The summed E-state index contributed by atoms with van der Waals surface area (Å²) in [5.41, 5.74) is 2.34. The van der Waals surface area contributed by atoms with Crippen molar-refractivity contribution in [1.82, 2.24) is 29.8 Å². The minimum Gasteiger partial charge on any atom is -0.322 e. The molecule has 2 aliphatic heterocycles. The highest BCUT2D eigenvalue weighted by molar-refractivity contribution is 6.30. The predicted molar refractivity (Wildman–Crippen MR) is 112 cm³/mol. The summed E-state index contributed by atoms with van der Waals surface area (Å²) in [6.45, 7) is 0.486. The first kappa shape index (κ1) is 20.1. The van der Waals surface area contributed by atoms with Crippen LogP contribution in [0.2, 0.25) is 5.02 Å². The Labute approximate surface area is 186 Å². The lowest BCUT2D eigenvalue weighted by atomic mass is 10.0. The average Bonchev–Trinajstić information content (AvgIpc) is 3.35. The molecule has 10 nitrogen and oxygen atoms in total. The maximum atomic E-state index is 12.8. The number of carbonyl (C=O) groups excluding carboxylic acids is 3. The molecule has 2 aliphatic rings. The Kier molecular flexibility index (Phi) is 4.86. The fourth-order valence-corrected chi connectivity index (χ4v) is 4.18. The molecule has 1 N–H and O–H groups in total. The molecule has 1 saturated heterocycles. The molecule has 4 heterocycles. The summed E-state index contributed by atoms with van der Waals surface area (Å²) in [6, 6.07) is 7.52. The van der Waals surface area contributed by atoms with Crippen LogP contribution in [-0.2, 0) is 22.7 Å². The topological polar surface area (TPSA) is 119 Å². The number of piperidine rings is 1. The summed E-state index contributed by atoms with van der Waals surface area (Å²) in [5, 5.41) is 11.0. The largest absolute Gasteiger partial charge is 0.322 e. The van der Waals surface area contributed by atoms with Crippen LogP contribution in [0.25, 0.3) is 5.69 Å². The van der Waals surface area contributed by atoms with Gasteiger partial charge >= 0.3 is 0 Å². The molecular weight excluding hydrogens is 436 g/mol. The lowest BCUT2D eigenvalue weighted by Gasteiger charge is -2.29. The lowest BCUT2D eigenvalue weighted by molar-refractivity contribution is -0.136. The molecule has 0 bridgehead atoms. The number of hydrogen-bond donors (Lipinski definition) is 1. The van der Waals surface area contributed by atoms with Crippen molar-refractivity contribution in [3.8, 4) is 5.69 Å². The van der Waals surface area contributed by atoms with E-state index in [0.717, 1.165) is 5.56 Å². The fourth-order valence-electron chi connectivity index (χ4n) is 4.00. The minimum absolute atomic E-state index is 0.200. The molecular formula is C21H17ClN6O4. The molecule has 0 saturated carbocycles. The van der Waals surface area contributed by atoms with E-state index in [4.69, 9.17) is 11.6 Å². The third-order valence-corrected chi connectivity index (χ3v) is 5.82. The molecule has 3 amide bonds. The Morgan fingerprint density at radius 3 is 2.75 bits per heavy atom. The molecule has 32 heavy (non-hydrogen) atoms. The number of pyridine rings is 1. The van der Waals surface area contributed by atoms with Crippen LogP contribution >= 0.6 is 11.6 Å². The molecule has 5 rings (SSSR count). The van der Waals surface area contributed by atoms with Crippen LogP contribution in [-0.4, -0.2) is 48.2 Å². The van der Waals surface area contributed by atoms with Crippen LogP contribution in [0.1, 0.15) is 34.5 Å². The number of aromatic nitrogens is 4. The summed E-state index contributed by atoms with van der Waals surface area (Å²) in [7, 11) is 0. The Morgan fingerprint density at radius 1 is 1.09 bits per heavy atom. The van der Waals surface area contributed by atoms with Crippen LogP contribution in [0, 0.1) is 0 Å². The highest BCUT2D eigenvalue weighted by Gasteiger charge is 2.39. The number of imide groups is 1. The van der Waals surface area contributed by atoms with E-state index in [1.54, 1.807) is 23.0 Å². The van der Waals surface area contributed by atoms with E-state index < -0.39 is 11.9 Å². The quantitative estimate of drug-likeness (QED) is 0.587. The molecule has 1 unspecified atom stereocenters. The van der Waals surface area contributed by atoms with Crippen LogP contribution in [0.15, 0.2) is 47.5 Å². The number of nitrogens with one attached hydrogen (secondary N) is 1. The van der Waals surface area contributed by atoms with E-state index in [9.17, 15) is 19.2 Å². The Morgan fingerprint density at radius 2 is 1.94 bits per heavy atom. The van der Waals surface area contributed by atoms with Gasteiger partial charge in [0.15, 0.2) is 0 Å². The molecule has 162 valence electrons. The van der Waals surface area contributed by atoms with Crippen molar-refractivity contribution in [1.29, 1.82) is 0 Å². The van der Waals surface area contributed by atoms with Gasteiger partial charge in [-0.2, -0.15) is 0 Å². The molecule has 1 aromatic carbocycles. The summed E-state index contributed by atoms with van der Waals surface area (Å²) in [4.78, 5) is 49.9. The van der Waals surface area contributed by atoms with E-state index in [1.165, 1.54) is 27.8 Å². The van der Waals surface area contributed by atoms with Crippen molar-refractivity contribution in [2.24, 2.45) is 0 Å². The van der Waals surface area contributed by atoms with Crippen molar-refractivity contribution in [2.45, 2.75) is 32.0 Å². The molecule has 11 heteroatoms. The molecule has 0 spiro atoms. The number of hydrogen-bond acceptors (Lipinski definition) is 6. The Hall–Kier alpha value is -3.79. The minimum atomic E-state index is -0.662. The van der Waals surface area contributed by atoms with Gasteiger partial charge in [0.05, 0.1) is 23.5 Å². The van der Waals surface area contributed by atoms with Gasteiger partial charge < -0.3 is 9.47 Å². The third-order valence-electron chi connectivity index (χ3n) is 5.59. The number of amides is 3. The van der Waals surface area contributed by atoms with Crippen molar-refractivity contribution in [3.05, 3.63) is 74.9 Å². The smallest absolute Gasteiger partial charge is 0.255 e. The second kappa shape index (κ2) is 7.72. The molecule has 1 atom stereocenters. The van der Waals surface area contributed by atoms with Gasteiger partial charge in [0, 0.05) is 30.8 Å². The zero-order valence-corrected chi connectivity index (χ0v) is 17.5. The number of rotatable bonds is 4. The third kappa shape index (κ3) is 3.58. The first-order valence-electron chi connectivity index (χ1n) is 9.94. The van der Waals surface area contributed by atoms with E-state index in [0.29, 0.717) is 28.4 Å². The van der Waals surface area contributed by atoms with E-state index >= 15 is 0 Å². The van der Waals surface area contributed by atoms with Gasteiger partial charge in [-0.15, -0.1) is 5.10 Å². The van der Waals surface area contributed by atoms with E-state index in [-0.39, 0.29) is 36.9 Å². The van der Waals surface area contributed by atoms with Gasteiger partial charge in [-0.05, 0) is 36.2 Å². The first-order chi connectivity index (χ1) is 15.4. The highest BCUT2D eigenvalue weighted by atomic mass is 35.5. The maximum Gasteiger partial charge on any atom is 0.255 e. The average molecular weight is 453 g/mol. The maximum absolute atomic E-state index is 12.8. The van der Waals surface area contributed by atoms with Crippen molar-refractivity contribution < 1.29 is 14.4 Å². The molecule has 2 aromatic heterocycles. The molecule has 0 aliphatic carbocycles. The second-order valence-electron chi connectivity index (χ2n) is 7.71. The van der Waals surface area contributed by atoms with Crippen LogP contribution in [0.5, 0.6) is 0 Å². The lowest BCUT2D eigenvalue weighted by Crippen LogP contribution is -2.52. The van der Waals surface area contributed by atoms with Crippen molar-refractivity contribution in [3.63, 3.8) is 0 Å². The zero-order chi connectivity index (χ0) is 22.4. The summed E-state index contributed by atoms with van der Waals surface area (Å²) in [5.74, 6) is -1.000. The van der Waals surface area contributed by atoms with Crippen molar-refractivity contribution in [2.75, 3.05) is 0 Å². The van der Waals surface area contributed by atoms with Gasteiger partial charge in [0.25, 0.3) is 11.5 Å². The van der Waals surface area contributed by atoms with Gasteiger partial charge in [-0.25, -0.2) is 4.68 Å². The van der Waals surface area contributed by atoms with Gasteiger partial charge in [-0.3, -0.25) is 24.5 Å². The zero-order valence-electron chi connectivity index (χ0n) is 16.7. The van der Waals surface area contributed by atoms with Crippen LogP contribution in [0.4, 0.5) is 0 Å². The second-order valence-corrected chi connectivity index (χ2v) is 8.15. The number of benzene rings is 1. The molecule has 1 fully saturated rings. The standard InChI is InChI=1S/C21H17ClN6O4/c22-13-1-6-19(30)26(9-13)10-14-11-28(25-24-14)15-2-3-16-12(7-15)8-27(21(16)32)17-4-5-18(29)23-20(17)31/h1-3,6-7,9,11,17H,4-5,8,10H2,(H,23,29,31). The summed E-state index contributed by atoms with van der Waals surface area (Å²) in [6.07, 6.45) is 3.75. The van der Waals surface area contributed by atoms with Gasteiger partial charge in [0.2, 0.25) is 11.8 Å². The Balaban J connectivity index is 1.37. The monoisotopic (exact) mass is 452 g/mol. The SMILES string of the molecule is O=C1CCC(N2Cc3cc(-n4cc(Cn5cc(Cl)ccc5=O)nn4)ccc3C2=O)C(=O)N1. The number of fused-ring (bicyclic) bond motifs is 1. The summed E-state index contributed by atoms with van der Waals surface area (Å²) >= 11 is 5.96. The number of halogens is 1. The summed E-state index contributed by atoms with van der Waals surface area (Å²) < 4.78 is 3.00. The Bertz CT molecular complexity index is 1330. The van der Waals surface area contributed by atoms with Crippen molar-refractivity contribution >= 4 is 29.3 Å². The number of carbonyl (C=O) groups is 3. The first-order valence-corrected chi connectivity index (χ1v) is 10.3. The fraction of sp³-hybridized carbons (Fsp3) is 0.238. The molecule has 3 aromatic rings. The van der Waals surface area contributed by atoms with E-state index in [1.807, 2.05) is 6.07 Å². The number of nitrogens with zero attached hydrogens (tertiary/aromatic N) is 5. The van der Waals surface area contributed by atoms with Crippen LogP contribution < -0.4 is 10.9 Å². The van der Waals surface area contributed by atoms with E-state index in [2.05, 4.69) is 15.6 Å². The normalized spacial score (nSPS) is 18.1.